The number of aliphatic hydroxyl groups excluding tert-OH is 1. The summed E-state index contributed by atoms with van der Waals surface area (Å²) in [5.41, 5.74) is 3.25. The summed E-state index contributed by atoms with van der Waals surface area (Å²) < 4.78 is 2.04. The van der Waals surface area contributed by atoms with Crippen LogP contribution < -0.4 is 5.32 Å². The van der Waals surface area contributed by atoms with Crippen LogP contribution in [-0.2, 0) is 4.79 Å². The molecule has 0 saturated heterocycles. The van der Waals surface area contributed by atoms with Gasteiger partial charge in [-0.1, -0.05) is 30.3 Å². The fourth-order valence-electron chi connectivity index (χ4n) is 3.29. The number of aryl methyl sites for hydroxylation is 1. The van der Waals surface area contributed by atoms with E-state index in [4.69, 9.17) is 0 Å². The molecule has 6 nitrogen and oxygen atoms in total. The van der Waals surface area contributed by atoms with E-state index in [1.165, 1.54) is 6.42 Å². The van der Waals surface area contributed by atoms with Gasteiger partial charge >= 0.3 is 0 Å². The van der Waals surface area contributed by atoms with Crippen molar-refractivity contribution in [3.8, 4) is 0 Å². The Labute approximate surface area is 151 Å². The first-order valence-corrected chi connectivity index (χ1v) is 9.00. The third kappa shape index (κ3) is 3.20. The van der Waals surface area contributed by atoms with E-state index in [9.17, 15) is 9.90 Å². The van der Waals surface area contributed by atoms with Gasteiger partial charge in [-0.2, -0.15) is 0 Å². The number of anilines is 1. The van der Waals surface area contributed by atoms with Crippen LogP contribution in [0.25, 0.3) is 11.2 Å². The van der Waals surface area contributed by atoms with Gasteiger partial charge in [0.2, 0.25) is 11.9 Å². The number of nitrogens with one attached hydrogen (secondary N) is 1. The fourth-order valence-corrected chi connectivity index (χ4v) is 3.29. The number of benzene rings is 1. The lowest BCUT2D eigenvalue weighted by atomic mass is 9.93. The van der Waals surface area contributed by atoms with Gasteiger partial charge in [-0.25, -0.2) is 9.97 Å². The van der Waals surface area contributed by atoms with Crippen LogP contribution in [-0.4, -0.2) is 25.5 Å². The topological polar surface area (TPSA) is 80.0 Å². The Bertz CT molecular complexity index is 932. The summed E-state index contributed by atoms with van der Waals surface area (Å²) in [4.78, 5) is 21.7. The van der Waals surface area contributed by atoms with Crippen molar-refractivity contribution in [1.29, 1.82) is 0 Å². The molecule has 26 heavy (non-hydrogen) atoms. The number of imidazole rings is 1. The molecule has 1 aromatic carbocycles. The molecule has 2 heterocycles. The van der Waals surface area contributed by atoms with Crippen LogP contribution in [0.2, 0.25) is 0 Å². The lowest BCUT2D eigenvalue weighted by molar-refractivity contribution is -0.118. The van der Waals surface area contributed by atoms with E-state index in [0.29, 0.717) is 12.0 Å². The van der Waals surface area contributed by atoms with Gasteiger partial charge in [-0.05, 0) is 43.9 Å². The van der Waals surface area contributed by atoms with E-state index >= 15 is 0 Å². The highest BCUT2D eigenvalue weighted by Crippen LogP contribution is 2.36. The number of pyridine rings is 1. The molecule has 0 spiro atoms. The van der Waals surface area contributed by atoms with Gasteiger partial charge in [0.1, 0.15) is 5.52 Å². The minimum Gasteiger partial charge on any atom is -0.388 e. The van der Waals surface area contributed by atoms with E-state index in [1.807, 2.05) is 54.0 Å². The second kappa shape index (κ2) is 6.88. The van der Waals surface area contributed by atoms with Crippen LogP contribution in [0.4, 0.5) is 5.95 Å². The zero-order valence-electron chi connectivity index (χ0n) is 14.7. The maximum Gasteiger partial charge on any atom is 0.229 e. The van der Waals surface area contributed by atoms with E-state index < -0.39 is 6.10 Å². The second-order valence-corrected chi connectivity index (χ2v) is 6.86. The molecule has 0 unspecified atom stereocenters. The third-order valence-electron chi connectivity index (χ3n) is 4.93. The standard InChI is InChI=1S/C20H22N4O2/c1-13-10-11-16-19(21-13)24(15-8-5-9-15)20(22-16)23-18(26)12-17(25)14-6-3-2-4-7-14/h2-4,6-7,10-11,15,17,25H,5,8-9,12H2,1H3,(H,22,23,26)/t17-/m1/s1. The smallest absolute Gasteiger partial charge is 0.229 e. The number of hydrogen-bond acceptors (Lipinski definition) is 4. The molecule has 2 aromatic heterocycles. The molecule has 0 bridgehead atoms. The van der Waals surface area contributed by atoms with Gasteiger partial charge in [-0.15, -0.1) is 0 Å². The van der Waals surface area contributed by atoms with Gasteiger partial charge < -0.3 is 5.11 Å². The van der Waals surface area contributed by atoms with Gasteiger partial charge in [0.25, 0.3) is 0 Å². The van der Waals surface area contributed by atoms with Crippen LogP contribution in [0.1, 0.15) is 49.1 Å². The second-order valence-electron chi connectivity index (χ2n) is 6.86. The van der Waals surface area contributed by atoms with Gasteiger partial charge in [0, 0.05) is 11.7 Å². The molecule has 1 atom stereocenters. The number of nitrogens with zero attached hydrogens (tertiary/aromatic N) is 3. The van der Waals surface area contributed by atoms with Crippen LogP contribution in [0.5, 0.6) is 0 Å². The van der Waals surface area contributed by atoms with Crippen LogP contribution >= 0.6 is 0 Å². The quantitative estimate of drug-likeness (QED) is 0.738. The largest absolute Gasteiger partial charge is 0.388 e. The SMILES string of the molecule is Cc1ccc2nc(NC(=O)C[C@@H](O)c3ccccc3)n(C3CCC3)c2n1. The monoisotopic (exact) mass is 350 g/mol. The highest BCUT2D eigenvalue weighted by molar-refractivity contribution is 5.91. The van der Waals surface area contributed by atoms with E-state index in [-0.39, 0.29) is 12.3 Å². The highest BCUT2D eigenvalue weighted by atomic mass is 16.3. The van der Waals surface area contributed by atoms with E-state index in [0.717, 1.165) is 35.3 Å². The molecule has 1 aliphatic carbocycles. The maximum absolute atomic E-state index is 12.5. The summed E-state index contributed by atoms with van der Waals surface area (Å²) in [7, 11) is 0. The fraction of sp³-hybridized carbons (Fsp3) is 0.350. The molecular weight excluding hydrogens is 328 g/mol. The first-order valence-electron chi connectivity index (χ1n) is 9.00. The molecule has 0 radical (unpaired) electrons. The summed E-state index contributed by atoms with van der Waals surface area (Å²) in [6, 6.07) is 13.4. The molecule has 1 amide bonds. The first kappa shape index (κ1) is 16.7. The summed E-state index contributed by atoms with van der Waals surface area (Å²) in [6.45, 7) is 1.95. The average molecular weight is 350 g/mol. The highest BCUT2D eigenvalue weighted by Gasteiger charge is 2.26. The lowest BCUT2D eigenvalue weighted by Gasteiger charge is -2.28. The number of hydrogen-bond donors (Lipinski definition) is 2. The Hall–Kier alpha value is -2.73. The molecule has 1 aliphatic rings. The summed E-state index contributed by atoms with van der Waals surface area (Å²) in [5, 5.41) is 13.2. The lowest BCUT2D eigenvalue weighted by Crippen LogP contribution is -2.23. The molecule has 1 fully saturated rings. The number of fused-ring (bicyclic) bond motifs is 1. The van der Waals surface area contributed by atoms with Gasteiger partial charge in [0.05, 0.1) is 12.5 Å². The number of aromatic nitrogens is 3. The number of amides is 1. The Balaban J connectivity index is 1.57. The van der Waals surface area contributed by atoms with Crippen LogP contribution in [0.3, 0.4) is 0 Å². The minimum atomic E-state index is -0.835. The third-order valence-corrected chi connectivity index (χ3v) is 4.93. The molecule has 2 N–H and O–H groups in total. The van der Waals surface area contributed by atoms with E-state index in [1.54, 1.807) is 0 Å². The average Bonchev–Trinajstić information content (AvgIpc) is 2.91. The predicted molar refractivity (Wildman–Crippen MR) is 99.8 cm³/mol. The Kier molecular flexibility index (Phi) is 4.42. The van der Waals surface area contributed by atoms with Crippen molar-refractivity contribution in [2.75, 3.05) is 5.32 Å². The molecule has 6 heteroatoms. The summed E-state index contributed by atoms with van der Waals surface area (Å²) >= 11 is 0. The molecule has 134 valence electrons. The number of aliphatic hydroxyl groups is 1. The molecule has 4 rings (SSSR count). The van der Waals surface area contributed by atoms with Crippen molar-refractivity contribution in [3.05, 3.63) is 53.7 Å². The van der Waals surface area contributed by atoms with Crippen LogP contribution in [0.15, 0.2) is 42.5 Å². The first-order chi connectivity index (χ1) is 12.6. The van der Waals surface area contributed by atoms with Gasteiger partial charge in [-0.3, -0.25) is 14.7 Å². The van der Waals surface area contributed by atoms with Crippen molar-refractivity contribution in [2.45, 2.75) is 44.8 Å². The number of carbonyl (C=O) groups is 1. The van der Waals surface area contributed by atoms with Crippen LogP contribution in [0, 0.1) is 6.92 Å². The normalized spacial score (nSPS) is 15.6. The number of rotatable bonds is 5. The maximum atomic E-state index is 12.5. The Morgan fingerprint density at radius 1 is 1.23 bits per heavy atom. The summed E-state index contributed by atoms with van der Waals surface area (Å²) in [6.07, 6.45) is 2.46. The molecule has 1 saturated carbocycles. The van der Waals surface area contributed by atoms with Crippen molar-refractivity contribution < 1.29 is 9.90 Å². The Morgan fingerprint density at radius 2 is 2.00 bits per heavy atom. The van der Waals surface area contributed by atoms with Gasteiger partial charge in [0.15, 0.2) is 5.65 Å². The predicted octanol–water partition coefficient (Wildman–Crippen LogP) is 3.53. The van der Waals surface area contributed by atoms with Crippen molar-refractivity contribution in [2.24, 2.45) is 0 Å². The van der Waals surface area contributed by atoms with E-state index in [2.05, 4.69) is 15.3 Å². The number of carbonyl (C=O) groups excluding carboxylic acids is 1. The van der Waals surface area contributed by atoms with Crippen molar-refractivity contribution in [3.63, 3.8) is 0 Å². The zero-order valence-corrected chi connectivity index (χ0v) is 14.7. The minimum absolute atomic E-state index is 0.00958. The zero-order chi connectivity index (χ0) is 18.1. The molecule has 0 aliphatic heterocycles. The van der Waals surface area contributed by atoms with Crippen molar-refractivity contribution >= 4 is 23.0 Å². The Morgan fingerprint density at radius 3 is 2.69 bits per heavy atom. The summed E-state index contributed by atoms with van der Waals surface area (Å²) in [5.74, 6) is 0.266. The van der Waals surface area contributed by atoms with Crippen molar-refractivity contribution in [1.82, 2.24) is 14.5 Å². The molecule has 3 aromatic rings. The molecular formula is C20H22N4O2.